The predicted octanol–water partition coefficient (Wildman–Crippen LogP) is 2.95. The monoisotopic (exact) mass is 214 g/mol. The topological polar surface area (TPSA) is 38.4 Å². The van der Waals surface area contributed by atoms with Crippen LogP contribution in [-0.2, 0) is 0 Å². The third kappa shape index (κ3) is 2.47. The maximum atomic E-state index is 5.80. The first-order chi connectivity index (χ1) is 6.15. The van der Waals surface area contributed by atoms with E-state index in [4.69, 9.17) is 28.9 Å². The molecule has 0 aliphatic heterocycles. The van der Waals surface area contributed by atoms with Crippen molar-refractivity contribution in [1.82, 2.24) is 0 Å². The van der Waals surface area contributed by atoms with Crippen molar-refractivity contribution in [3.8, 4) is 0 Å². The van der Waals surface area contributed by atoms with Gasteiger partial charge in [-0.05, 0) is 12.1 Å². The van der Waals surface area contributed by atoms with Gasteiger partial charge in [-0.25, -0.2) is 4.99 Å². The molecule has 0 saturated heterocycles. The van der Waals surface area contributed by atoms with E-state index in [1.165, 1.54) is 6.34 Å². The lowest BCUT2D eigenvalue weighted by Gasteiger charge is -2.01. The number of benzene rings is 1. The normalized spacial score (nSPS) is 10.6. The van der Waals surface area contributed by atoms with Crippen molar-refractivity contribution < 1.29 is 0 Å². The SMILES string of the molecule is C=C(/N=C\N)c1ccc(Cl)c(Cl)c1. The van der Waals surface area contributed by atoms with Gasteiger partial charge in [0, 0.05) is 5.56 Å². The first-order valence-corrected chi connectivity index (χ1v) is 4.29. The minimum Gasteiger partial charge on any atom is -0.390 e. The predicted molar refractivity (Wildman–Crippen MR) is 58.2 cm³/mol. The molecule has 0 bridgehead atoms. The number of hydrogen-bond acceptors (Lipinski definition) is 1. The molecule has 13 heavy (non-hydrogen) atoms. The van der Waals surface area contributed by atoms with Crippen LogP contribution in [-0.4, -0.2) is 6.34 Å². The van der Waals surface area contributed by atoms with Crippen LogP contribution in [0.25, 0.3) is 5.70 Å². The summed E-state index contributed by atoms with van der Waals surface area (Å²) in [4.78, 5) is 3.82. The molecule has 0 radical (unpaired) electrons. The molecule has 2 nitrogen and oxygen atoms in total. The Morgan fingerprint density at radius 2 is 2.08 bits per heavy atom. The van der Waals surface area contributed by atoms with Gasteiger partial charge >= 0.3 is 0 Å². The highest BCUT2D eigenvalue weighted by Crippen LogP contribution is 2.25. The maximum Gasteiger partial charge on any atom is 0.0860 e. The van der Waals surface area contributed by atoms with Crippen LogP contribution in [0.1, 0.15) is 5.56 Å². The van der Waals surface area contributed by atoms with Gasteiger partial charge in [0.2, 0.25) is 0 Å². The number of hydrogen-bond donors (Lipinski definition) is 1. The Morgan fingerprint density at radius 1 is 1.38 bits per heavy atom. The van der Waals surface area contributed by atoms with Crippen LogP contribution in [0.2, 0.25) is 10.0 Å². The molecule has 1 aromatic carbocycles. The maximum absolute atomic E-state index is 5.80. The zero-order valence-electron chi connectivity index (χ0n) is 6.80. The van der Waals surface area contributed by atoms with Crippen molar-refractivity contribution in [3.63, 3.8) is 0 Å². The fourth-order valence-electron chi connectivity index (χ4n) is 0.840. The lowest BCUT2D eigenvalue weighted by atomic mass is 10.2. The number of nitrogens with zero attached hydrogens (tertiary/aromatic N) is 1. The Labute approximate surface area is 86.7 Å². The van der Waals surface area contributed by atoms with Crippen LogP contribution in [0.5, 0.6) is 0 Å². The van der Waals surface area contributed by atoms with E-state index in [1.807, 2.05) is 0 Å². The van der Waals surface area contributed by atoms with Gasteiger partial charge < -0.3 is 5.73 Å². The Kier molecular flexibility index (Phi) is 3.34. The molecule has 0 atom stereocenters. The van der Waals surface area contributed by atoms with Crippen molar-refractivity contribution in [3.05, 3.63) is 40.4 Å². The van der Waals surface area contributed by atoms with Gasteiger partial charge in [0.05, 0.1) is 22.1 Å². The summed E-state index contributed by atoms with van der Waals surface area (Å²) in [6.45, 7) is 3.71. The molecular formula is C9H8Cl2N2. The third-order valence-corrected chi connectivity index (χ3v) is 2.22. The molecule has 1 aromatic rings. The highest BCUT2D eigenvalue weighted by molar-refractivity contribution is 6.42. The van der Waals surface area contributed by atoms with E-state index in [0.29, 0.717) is 15.7 Å². The summed E-state index contributed by atoms with van der Waals surface area (Å²) < 4.78 is 0. The van der Waals surface area contributed by atoms with Gasteiger partial charge in [-0.3, -0.25) is 0 Å². The molecule has 0 saturated carbocycles. The highest BCUT2D eigenvalue weighted by Gasteiger charge is 2.00. The van der Waals surface area contributed by atoms with Crippen LogP contribution in [0.4, 0.5) is 0 Å². The molecule has 0 heterocycles. The van der Waals surface area contributed by atoms with Gasteiger partial charge in [-0.15, -0.1) is 0 Å². The second-order valence-corrected chi connectivity index (χ2v) is 3.17. The van der Waals surface area contributed by atoms with Gasteiger partial charge in [-0.1, -0.05) is 35.8 Å². The molecule has 2 N–H and O–H groups in total. The van der Waals surface area contributed by atoms with Crippen molar-refractivity contribution >= 4 is 35.2 Å². The van der Waals surface area contributed by atoms with Crippen LogP contribution >= 0.6 is 23.2 Å². The summed E-state index contributed by atoms with van der Waals surface area (Å²) in [5.41, 5.74) is 6.48. The number of rotatable bonds is 2. The molecule has 1 rings (SSSR count). The zero-order valence-corrected chi connectivity index (χ0v) is 8.31. The smallest absolute Gasteiger partial charge is 0.0860 e. The highest BCUT2D eigenvalue weighted by atomic mass is 35.5. The summed E-state index contributed by atoms with van der Waals surface area (Å²) in [5, 5.41) is 0.988. The molecular weight excluding hydrogens is 207 g/mol. The van der Waals surface area contributed by atoms with Gasteiger partial charge in [-0.2, -0.15) is 0 Å². The summed E-state index contributed by atoms with van der Waals surface area (Å²) >= 11 is 11.5. The Bertz CT molecular complexity index is 359. The van der Waals surface area contributed by atoms with E-state index in [9.17, 15) is 0 Å². The second kappa shape index (κ2) is 4.30. The van der Waals surface area contributed by atoms with Crippen LogP contribution in [0, 0.1) is 0 Å². The molecule has 4 heteroatoms. The quantitative estimate of drug-likeness (QED) is 0.597. The lowest BCUT2D eigenvalue weighted by Crippen LogP contribution is -1.89. The van der Waals surface area contributed by atoms with Gasteiger partial charge in [0.15, 0.2) is 0 Å². The fraction of sp³-hybridized carbons (Fsp3) is 0. The molecule has 0 aliphatic carbocycles. The second-order valence-electron chi connectivity index (χ2n) is 2.35. The van der Waals surface area contributed by atoms with E-state index in [2.05, 4.69) is 11.6 Å². The number of halogens is 2. The summed E-state index contributed by atoms with van der Waals surface area (Å²) in [5.74, 6) is 0. The minimum absolute atomic E-state index is 0.479. The third-order valence-electron chi connectivity index (χ3n) is 1.48. The molecule has 0 spiro atoms. The summed E-state index contributed by atoms with van der Waals surface area (Å²) in [6, 6.07) is 5.17. The first kappa shape index (κ1) is 10.1. The van der Waals surface area contributed by atoms with Crippen LogP contribution in [0.3, 0.4) is 0 Å². The molecule has 0 amide bonds. The Balaban J connectivity index is 3.04. The zero-order chi connectivity index (χ0) is 9.84. The molecule has 0 aromatic heterocycles. The first-order valence-electron chi connectivity index (χ1n) is 3.53. The minimum atomic E-state index is 0.479. The van der Waals surface area contributed by atoms with Crippen LogP contribution in [0.15, 0.2) is 29.8 Å². The number of nitrogens with two attached hydrogens (primary N) is 1. The standard InChI is InChI=1S/C9H8Cl2N2/c1-6(13-5-12)7-2-3-8(10)9(11)4-7/h2-5H,1H2,(H2,12,13). The Morgan fingerprint density at radius 3 is 2.62 bits per heavy atom. The fourth-order valence-corrected chi connectivity index (χ4v) is 1.14. The van der Waals surface area contributed by atoms with Gasteiger partial charge in [0.1, 0.15) is 0 Å². The average molecular weight is 215 g/mol. The van der Waals surface area contributed by atoms with E-state index in [-0.39, 0.29) is 0 Å². The lowest BCUT2D eigenvalue weighted by molar-refractivity contribution is 1.51. The average Bonchev–Trinajstić information content (AvgIpc) is 2.10. The van der Waals surface area contributed by atoms with E-state index >= 15 is 0 Å². The molecule has 0 fully saturated rings. The van der Waals surface area contributed by atoms with E-state index in [1.54, 1.807) is 18.2 Å². The van der Waals surface area contributed by atoms with Crippen molar-refractivity contribution in [1.29, 1.82) is 0 Å². The number of aliphatic imine (C=N–C) groups is 1. The van der Waals surface area contributed by atoms with E-state index < -0.39 is 0 Å². The Hall–Kier alpha value is -0.990. The molecule has 68 valence electrons. The largest absolute Gasteiger partial charge is 0.390 e. The van der Waals surface area contributed by atoms with Crippen molar-refractivity contribution in [2.45, 2.75) is 0 Å². The van der Waals surface area contributed by atoms with Gasteiger partial charge in [0.25, 0.3) is 0 Å². The van der Waals surface area contributed by atoms with Crippen molar-refractivity contribution in [2.75, 3.05) is 0 Å². The van der Waals surface area contributed by atoms with E-state index in [0.717, 1.165) is 5.56 Å². The molecule has 0 aliphatic rings. The summed E-state index contributed by atoms with van der Waals surface area (Å²) in [7, 11) is 0. The van der Waals surface area contributed by atoms with Crippen LogP contribution < -0.4 is 5.73 Å². The molecule has 0 unspecified atom stereocenters. The van der Waals surface area contributed by atoms with Crippen molar-refractivity contribution in [2.24, 2.45) is 10.7 Å². The summed E-state index contributed by atoms with van der Waals surface area (Å²) in [6.07, 6.45) is 1.19.